The van der Waals surface area contributed by atoms with E-state index in [9.17, 15) is 4.79 Å². The highest BCUT2D eigenvalue weighted by Crippen LogP contribution is 2.20. The number of nitrogens with one attached hydrogen (secondary N) is 2. The Morgan fingerprint density at radius 3 is 2.45 bits per heavy atom. The van der Waals surface area contributed by atoms with Crippen LogP contribution in [0, 0.1) is 0 Å². The molecule has 1 amide bonds. The molecule has 1 rings (SSSR count). The van der Waals surface area contributed by atoms with Crippen molar-refractivity contribution in [1.29, 1.82) is 0 Å². The molecule has 0 radical (unpaired) electrons. The zero-order valence-corrected chi connectivity index (χ0v) is 13.3. The largest absolute Gasteiger partial charge is 0.444 e. The summed E-state index contributed by atoms with van der Waals surface area (Å²) in [5, 5.41) is 6.42. The van der Waals surface area contributed by atoms with Crippen LogP contribution >= 0.6 is 0 Å². The lowest BCUT2D eigenvalue weighted by molar-refractivity contribution is 0.0465. The smallest absolute Gasteiger partial charge is 0.407 e. The molecule has 0 aromatic carbocycles. The lowest BCUT2D eigenvalue weighted by Gasteiger charge is -2.36. The van der Waals surface area contributed by atoms with Crippen LogP contribution in [-0.2, 0) is 9.47 Å². The van der Waals surface area contributed by atoms with Gasteiger partial charge in [-0.1, -0.05) is 0 Å². The molecule has 0 atom stereocenters. The normalized spacial score (nSPS) is 22.2. The van der Waals surface area contributed by atoms with E-state index in [1.807, 2.05) is 20.8 Å². The summed E-state index contributed by atoms with van der Waals surface area (Å²) in [6.07, 6.45) is 5.21. The third-order valence-electron chi connectivity index (χ3n) is 3.32. The predicted molar refractivity (Wildman–Crippen MR) is 79.9 cm³/mol. The van der Waals surface area contributed by atoms with Crippen molar-refractivity contribution in [3.05, 3.63) is 0 Å². The van der Waals surface area contributed by atoms with Crippen LogP contribution < -0.4 is 10.6 Å². The molecular formula is C15H30N2O3. The van der Waals surface area contributed by atoms with Gasteiger partial charge in [0, 0.05) is 25.8 Å². The van der Waals surface area contributed by atoms with Crippen molar-refractivity contribution in [1.82, 2.24) is 10.6 Å². The van der Waals surface area contributed by atoms with Gasteiger partial charge < -0.3 is 20.1 Å². The van der Waals surface area contributed by atoms with Crippen LogP contribution in [0.4, 0.5) is 4.79 Å². The maximum Gasteiger partial charge on any atom is 0.407 e. The molecule has 0 aliphatic heterocycles. The third-order valence-corrected chi connectivity index (χ3v) is 3.32. The van der Waals surface area contributed by atoms with Crippen LogP contribution in [0.15, 0.2) is 0 Å². The first kappa shape index (κ1) is 17.2. The van der Waals surface area contributed by atoms with Gasteiger partial charge in [-0.25, -0.2) is 4.79 Å². The SMILES string of the molecule is COCCCCCNC1CC(NC(=O)OC(C)(C)C)C1. The van der Waals surface area contributed by atoms with Crippen molar-refractivity contribution in [2.75, 3.05) is 20.3 Å². The van der Waals surface area contributed by atoms with Crippen molar-refractivity contribution >= 4 is 6.09 Å². The number of hydrogen-bond acceptors (Lipinski definition) is 4. The van der Waals surface area contributed by atoms with E-state index < -0.39 is 5.60 Å². The zero-order chi connectivity index (χ0) is 15.0. The summed E-state index contributed by atoms with van der Waals surface area (Å²) < 4.78 is 10.2. The molecule has 0 saturated heterocycles. The van der Waals surface area contributed by atoms with Gasteiger partial charge in [0.05, 0.1) is 0 Å². The molecule has 0 bridgehead atoms. The molecule has 1 aliphatic rings. The Morgan fingerprint density at radius 1 is 1.15 bits per heavy atom. The van der Waals surface area contributed by atoms with Gasteiger partial charge in [0.1, 0.15) is 5.60 Å². The Bertz CT molecular complexity index is 283. The number of carbonyl (C=O) groups is 1. The fourth-order valence-electron chi connectivity index (χ4n) is 2.23. The third kappa shape index (κ3) is 7.70. The Balaban J connectivity index is 1.96. The van der Waals surface area contributed by atoms with E-state index in [2.05, 4.69) is 10.6 Å². The number of rotatable bonds is 8. The van der Waals surface area contributed by atoms with Crippen LogP contribution in [-0.4, -0.2) is 44.0 Å². The highest BCUT2D eigenvalue weighted by atomic mass is 16.6. The van der Waals surface area contributed by atoms with Crippen LogP contribution in [0.25, 0.3) is 0 Å². The number of amides is 1. The Morgan fingerprint density at radius 2 is 1.85 bits per heavy atom. The molecular weight excluding hydrogens is 256 g/mol. The van der Waals surface area contributed by atoms with Crippen molar-refractivity contribution in [2.24, 2.45) is 0 Å². The molecule has 1 fully saturated rings. The lowest BCUT2D eigenvalue weighted by Crippen LogP contribution is -2.53. The number of unbranched alkanes of at least 4 members (excludes halogenated alkanes) is 2. The fourth-order valence-corrected chi connectivity index (χ4v) is 2.23. The van der Waals surface area contributed by atoms with E-state index >= 15 is 0 Å². The number of ether oxygens (including phenoxy) is 2. The zero-order valence-electron chi connectivity index (χ0n) is 13.3. The van der Waals surface area contributed by atoms with Gasteiger partial charge in [0.15, 0.2) is 0 Å². The topological polar surface area (TPSA) is 59.6 Å². The minimum atomic E-state index is -0.423. The summed E-state index contributed by atoms with van der Waals surface area (Å²) >= 11 is 0. The number of alkyl carbamates (subject to hydrolysis) is 1. The quantitative estimate of drug-likeness (QED) is 0.673. The Labute approximate surface area is 122 Å². The van der Waals surface area contributed by atoms with Crippen LogP contribution in [0.5, 0.6) is 0 Å². The highest BCUT2D eigenvalue weighted by molar-refractivity contribution is 5.68. The van der Waals surface area contributed by atoms with Gasteiger partial charge >= 0.3 is 6.09 Å². The van der Waals surface area contributed by atoms with Gasteiger partial charge in [-0.15, -0.1) is 0 Å². The van der Waals surface area contributed by atoms with Gasteiger partial charge in [-0.3, -0.25) is 0 Å². The first-order valence-electron chi connectivity index (χ1n) is 7.62. The molecule has 1 saturated carbocycles. The number of methoxy groups -OCH3 is 1. The van der Waals surface area contributed by atoms with Gasteiger partial charge in [0.2, 0.25) is 0 Å². The maximum atomic E-state index is 11.6. The molecule has 0 spiro atoms. The maximum absolute atomic E-state index is 11.6. The monoisotopic (exact) mass is 286 g/mol. The molecule has 1 aliphatic carbocycles. The van der Waals surface area contributed by atoms with E-state index in [4.69, 9.17) is 9.47 Å². The Kier molecular flexibility index (Phi) is 7.30. The van der Waals surface area contributed by atoms with Crippen LogP contribution in [0.1, 0.15) is 52.9 Å². The van der Waals surface area contributed by atoms with E-state index in [0.29, 0.717) is 6.04 Å². The predicted octanol–water partition coefficient (Wildman–Crippen LogP) is 2.45. The summed E-state index contributed by atoms with van der Waals surface area (Å²) in [7, 11) is 1.74. The average molecular weight is 286 g/mol. The van der Waals surface area contributed by atoms with Crippen LogP contribution in [0.3, 0.4) is 0 Å². The first-order chi connectivity index (χ1) is 9.40. The minimum absolute atomic E-state index is 0.260. The summed E-state index contributed by atoms with van der Waals surface area (Å²) in [4.78, 5) is 11.6. The van der Waals surface area contributed by atoms with Crippen molar-refractivity contribution < 1.29 is 14.3 Å². The van der Waals surface area contributed by atoms with Crippen molar-refractivity contribution in [2.45, 2.75) is 70.6 Å². The molecule has 0 unspecified atom stereocenters. The van der Waals surface area contributed by atoms with Crippen LogP contribution in [0.2, 0.25) is 0 Å². The van der Waals surface area contributed by atoms with E-state index in [-0.39, 0.29) is 12.1 Å². The standard InChI is InChI=1S/C15H30N2O3/c1-15(2,3)20-14(18)17-13-10-12(11-13)16-8-6-5-7-9-19-4/h12-13,16H,5-11H2,1-4H3,(H,17,18). The molecule has 20 heavy (non-hydrogen) atoms. The van der Waals surface area contributed by atoms with E-state index in [1.54, 1.807) is 7.11 Å². The fraction of sp³-hybridized carbons (Fsp3) is 0.933. The molecule has 118 valence electrons. The average Bonchev–Trinajstić information content (AvgIpc) is 2.27. The second-order valence-corrected chi connectivity index (χ2v) is 6.52. The lowest BCUT2D eigenvalue weighted by atomic mass is 9.87. The van der Waals surface area contributed by atoms with Crippen molar-refractivity contribution in [3.63, 3.8) is 0 Å². The van der Waals surface area contributed by atoms with E-state index in [0.717, 1.165) is 32.4 Å². The Hall–Kier alpha value is -0.810. The van der Waals surface area contributed by atoms with Gasteiger partial charge in [0.25, 0.3) is 0 Å². The highest BCUT2D eigenvalue weighted by Gasteiger charge is 2.30. The summed E-state index contributed by atoms with van der Waals surface area (Å²) in [5.41, 5.74) is -0.423. The molecule has 0 aromatic rings. The molecule has 0 aromatic heterocycles. The molecule has 0 heterocycles. The second kappa shape index (κ2) is 8.47. The summed E-state index contributed by atoms with van der Waals surface area (Å²) in [6, 6.07) is 0.799. The summed E-state index contributed by atoms with van der Waals surface area (Å²) in [5.74, 6) is 0. The number of carbonyl (C=O) groups excluding carboxylic acids is 1. The first-order valence-corrected chi connectivity index (χ1v) is 7.62. The minimum Gasteiger partial charge on any atom is -0.444 e. The molecule has 5 heteroatoms. The van der Waals surface area contributed by atoms with Gasteiger partial charge in [-0.2, -0.15) is 0 Å². The second-order valence-electron chi connectivity index (χ2n) is 6.52. The summed E-state index contributed by atoms with van der Waals surface area (Å²) in [6.45, 7) is 7.53. The van der Waals surface area contributed by atoms with Gasteiger partial charge in [-0.05, 0) is 59.4 Å². The molecule has 5 nitrogen and oxygen atoms in total. The van der Waals surface area contributed by atoms with Crippen molar-refractivity contribution in [3.8, 4) is 0 Å². The number of hydrogen-bond donors (Lipinski definition) is 2. The van der Waals surface area contributed by atoms with E-state index in [1.165, 1.54) is 12.8 Å². The molecule has 2 N–H and O–H groups in total.